The second-order valence-electron chi connectivity index (χ2n) is 7.85. The molecule has 0 unspecified atom stereocenters. The zero-order valence-electron chi connectivity index (χ0n) is 16.9. The lowest BCUT2D eigenvalue weighted by molar-refractivity contribution is -0.148. The first-order valence-corrected chi connectivity index (χ1v) is 10.2. The van der Waals surface area contributed by atoms with E-state index in [2.05, 4.69) is 15.3 Å². The number of amides is 3. The second-order valence-corrected chi connectivity index (χ2v) is 7.85. The van der Waals surface area contributed by atoms with Gasteiger partial charge in [-0.3, -0.25) is 14.4 Å². The van der Waals surface area contributed by atoms with Crippen molar-refractivity contribution in [1.82, 2.24) is 25.1 Å². The van der Waals surface area contributed by atoms with E-state index in [0.717, 1.165) is 0 Å². The number of carbonyl (C=O) groups excluding carboxylic acids is 3. The average Bonchev–Trinajstić information content (AvgIpc) is 3.47. The lowest BCUT2D eigenvalue weighted by Crippen LogP contribution is -2.56. The van der Waals surface area contributed by atoms with Crippen molar-refractivity contribution in [2.45, 2.75) is 63.2 Å². The predicted molar refractivity (Wildman–Crippen MR) is 105 cm³/mol. The minimum absolute atomic E-state index is 0.0566. The quantitative estimate of drug-likeness (QED) is 0.433. The molecule has 2 aliphatic heterocycles. The fourth-order valence-electron chi connectivity index (χ4n) is 4.13. The third-order valence-corrected chi connectivity index (χ3v) is 5.64. The van der Waals surface area contributed by atoms with Crippen molar-refractivity contribution in [3.05, 3.63) is 18.2 Å². The fraction of sp³-hybridized carbons (Fsp3) is 0.632. The molecule has 2 fully saturated rings. The van der Waals surface area contributed by atoms with E-state index >= 15 is 0 Å². The van der Waals surface area contributed by atoms with Crippen LogP contribution in [0.1, 0.15) is 38.3 Å². The molecule has 3 rings (SSSR count). The monoisotopic (exact) mass is 420 g/mol. The molecule has 1 aromatic rings. The first-order valence-electron chi connectivity index (χ1n) is 10.2. The van der Waals surface area contributed by atoms with Gasteiger partial charge in [0.15, 0.2) is 0 Å². The minimum Gasteiger partial charge on any atom is -0.480 e. The molecule has 0 spiro atoms. The molecule has 11 heteroatoms. The number of imidazole rings is 1. The van der Waals surface area contributed by atoms with Gasteiger partial charge in [0.05, 0.1) is 12.4 Å². The maximum Gasteiger partial charge on any atom is 0.326 e. The summed E-state index contributed by atoms with van der Waals surface area (Å²) in [6.45, 7) is 2.44. The van der Waals surface area contributed by atoms with E-state index in [1.807, 2.05) is 0 Å². The van der Waals surface area contributed by atoms with Gasteiger partial charge in [0.25, 0.3) is 0 Å². The Labute approximate surface area is 174 Å². The van der Waals surface area contributed by atoms with Gasteiger partial charge in [-0.05, 0) is 32.6 Å². The van der Waals surface area contributed by atoms with Crippen LogP contribution in [0, 0.1) is 0 Å². The largest absolute Gasteiger partial charge is 0.480 e. The molecule has 5 N–H and O–H groups in total. The standard InChI is InChI=1S/C19H28N6O5/c1-11(20)17(27)25-7-3-5-15(25)18(28)24-6-2-4-14(24)16(26)23-13(19(29)30)8-12-9-21-10-22-12/h9-11,13-15H,2-8,20H2,1H3,(H,21,22)(H,23,26)(H,29,30)/t11-,13-,14-,15-/m0/s1. The Morgan fingerprint density at radius 1 is 1.23 bits per heavy atom. The smallest absolute Gasteiger partial charge is 0.326 e. The molecule has 3 amide bonds. The van der Waals surface area contributed by atoms with Crippen LogP contribution in [0.4, 0.5) is 0 Å². The minimum atomic E-state index is -1.17. The summed E-state index contributed by atoms with van der Waals surface area (Å²) in [6.07, 6.45) is 5.30. The van der Waals surface area contributed by atoms with Gasteiger partial charge in [0.1, 0.15) is 18.1 Å². The number of rotatable bonds is 7. The lowest BCUT2D eigenvalue weighted by Gasteiger charge is -2.32. The van der Waals surface area contributed by atoms with Gasteiger partial charge in [-0.2, -0.15) is 0 Å². The summed E-state index contributed by atoms with van der Waals surface area (Å²) in [7, 11) is 0. The molecule has 4 atom stereocenters. The number of likely N-dealkylation sites (tertiary alicyclic amines) is 2. The molecule has 2 aliphatic rings. The van der Waals surface area contributed by atoms with E-state index in [-0.39, 0.29) is 18.2 Å². The molecule has 3 heterocycles. The SMILES string of the molecule is C[C@H](N)C(=O)N1CCC[C@H]1C(=O)N1CCC[C@H]1C(=O)N[C@@H](Cc1cnc[nH]1)C(=O)O. The Hall–Kier alpha value is -2.95. The highest BCUT2D eigenvalue weighted by Crippen LogP contribution is 2.25. The number of hydrogen-bond donors (Lipinski definition) is 4. The van der Waals surface area contributed by atoms with Gasteiger partial charge in [-0.25, -0.2) is 9.78 Å². The molecule has 11 nitrogen and oxygen atoms in total. The number of hydrogen-bond acceptors (Lipinski definition) is 6. The number of aromatic amines is 1. The van der Waals surface area contributed by atoms with Gasteiger partial charge in [-0.15, -0.1) is 0 Å². The maximum absolute atomic E-state index is 13.2. The number of nitrogens with one attached hydrogen (secondary N) is 2. The molecule has 1 aromatic heterocycles. The Kier molecular flexibility index (Phi) is 6.70. The van der Waals surface area contributed by atoms with Crippen LogP contribution in [-0.4, -0.2) is 85.8 Å². The summed E-state index contributed by atoms with van der Waals surface area (Å²) in [5, 5.41) is 12.0. The normalized spacial score (nSPS) is 23.3. The van der Waals surface area contributed by atoms with E-state index in [1.165, 1.54) is 22.3 Å². The number of nitrogens with zero attached hydrogens (tertiary/aromatic N) is 3. The number of aromatic nitrogens is 2. The highest BCUT2D eigenvalue weighted by atomic mass is 16.4. The number of H-pyrrole nitrogens is 1. The lowest BCUT2D eigenvalue weighted by atomic mass is 10.1. The highest BCUT2D eigenvalue weighted by Gasteiger charge is 2.43. The van der Waals surface area contributed by atoms with E-state index in [9.17, 15) is 24.3 Å². The van der Waals surface area contributed by atoms with Crippen LogP contribution in [0.3, 0.4) is 0 Å². The van der Waals surface area contributed by atoms with Crippen LogP contribution in [0.25, 0.3) is 0 Å². The van der Waals surface area contributed by atoms with Crippen LogP contribution < -0.4 is 11.1 Å². The van der Waals surface area contributed by atoms with Crippen LogP contribution in [-0.2, 0) is 25.6 Å². The molecular weight excluding hydrogens is 392 g/mol. The zero-order valence-corrected chi connectivity index (χ0v) is 16.9. The number of carboxylic acid groups (broad SMARTS) is 1. The van der Waals surface area contributed by atoms with Crippen LogP contribution in [0.2, 0.25) is 0 Å². The maximum atomic E-state index is 13.2. The molecule has 30 heavy (non-hydrogen) atoms. The Morgan fingerprint density at radius 3 is 2.50 bits per heavy atom. The van der Waals surface area contributed by atoms with Crippen LogP contribution in [0.5, 0.6) is 0 Å². The summed E-state index contributed by atoms with van der Waals surface area (Å²) in [6, 6.07) is -3.22. The summed E-state index contributed by atoms with van der Waals surface area (Å²) >= 11 is 0. The Balaban J connectivity index is 1.68. The fourth-order valence-corrected chi connectivity index (χ4v) is 4.13. The van der Waals surface area contributed by atoms with E-state index in [1.54, 1.807) is 6.92 Å². The van der Waals surface area contributed by atoms with E-state index < -0.39 is 36.0 Å². The van der Waals surface area contributed by atoms with E-state index in [4.69, 9.17) is 5.73 Å². The molecule has 0 aliphatic carbocycles. The van der Waals surface area contributed by atoms with Crippen molar-refractivity contribution in [3.63, 3.8) is 0 Å². The van der Waals surface area contributed by atoms with Crippen molar-refractivity contribution in [3.8, 4) is 0 Å². The molecule has 0 aromatic carbocycles. The molecule has 164 valence electrons. The van der Waals surface area contributed by atoms with Gasteiger partial charge >= 0.3 is 5.97 Å². The van der Waals surface area contributed by atoms with Gasteiger partial charge in [0.2, 0.25) is 17.7 Å². The summed E-state index contributed by atoms with van der Waals surface area (Å²) in [5.41, 5.74) is 6.28. The summed E-state index contributed by atoms with van der Waals surface area (Å²) in [5.74, 6) is -2.23. The van der Waals surface area contributed by atoms with Crippen LogP contribution in [0.15, 0.2) is 12.5 Å². The van der Waals surface area contributed by atoms with Crippen LogP contribution >= 0.6 is 0 Å². The Morgan fingerprint density at radius 2 is 1.90 bits per heavy atom. The van der Waals surface area contributed by atoms with Crippen molar-refractivity contribution < 1.29 is 24.3 Å². The summed E-state index contributed by atoms with van der Waals surface area (Å²) in [4.78, 5) is 59.6. The number of nitrogens with two attached hydrogens (primary N) is 1. The molecule has 2 saturated heterocycles. The highest BCUT2D eigenvalue weighted by molar-refractivity contribution is 5.94. The average molecular weight is 420 g/mol. The Bertz CT molecular complexity index is 795. The zero-order chi connectivity index (χ0) is 21.8. The van der Waals surface area contributed by atoms with Crippen molar-refractivity contribution in [2.75, 3.05) is 13.1 Å². The molecular formula is C19H28N6O5. The van der Waals surface area contributed by atoms with Gasteiger partial charge in [0, 0.05) is 31.4 Å². The third kappa shape index (κ3) is 4.61. The number of aliphatic carboxylic acids is 1. The van der Waals surface area contributed by atoms with Crippen molar-refractivity contribution in [2.24, 2.45) is 5.73 Å². The first kappa shape index (κ1) is 21.8. The molecule has 0 radical (unpaired) electrons. The van der Waals surface area contributed by atoms with E-state index in [0.29, 0.717) is 44.5 Å². The topological polar surface area (TPSA) is 162 Å². The van der Waals surface area contributed by atoms with Gasteiger partial charge in [-0.1, -0.05) is 0 Å². The second kappa shape index (κ2) is 9.24. The van der Waals surface area contributed by atoms with Crippen molar-refractivity contribution >= 4 is 23.7 Å². The number of carboxylic acids is 1. The van der Waals surface area contributed by atoms with Gasteiger partial charge < -0.3 is 30.9 Å². The molecule has 0 bridgehead atoms. The number of carbonyl (C=O) groups is 4. The third-order valence-electron chi connectivity index (χ3n) is 5.64. The summed E-state index contributed by atoms with van der Waals surface area (Å²) < 4.78 is 0. The first-order chi connectivity index (χ1) is 14.3. The van der Waals surface area contributed by atoms with Crippen molar-refractivity contribution in [1.29, 1.82) is 0 Å². The predicted octanol–water partition coefficient (Wildman–Crippen LogP) is -1.15. The molecule has 0 saturated carbocycles.